The molecule has 0 aliphatic heterocycles. The Labute approximate surface area is 95.7 Å². The van der Waals surface area contributed by atoms with Crippen LogP contribution in [-0.4, -0.2) is 16.6 Å². The maximum Gasteiger partial charge on any atom is 0.118 e. The number of rotatable bonds is 7. The highest BCUT2D eigenvalue weighted by atomic mass is 28.2. The first-order valence-electron chi connectivity index (χ1n) is 5.99. The van der Waals surface area contributed by atoms with Crippen molar-refractivity contribution in [2.45, 2.75) is 38.7 Å². The Morgan fingerprint density at radius 2 is 1.80 bits per heavy atom. The first-order valence-corrected chi connectivity index (χ1v) is 7.70. The SMILES string of the molecule is CCCCCC[SiH2]c1ccc(OC)cc1. The fourth-order valence-electron chi connectivity index (χ4n) is 1.72. The van der Waals surface area contributed by atoms with E-state index in [-0.39, 0.29) is 9.52 Å². The van der Waals surface area contributed by atoms with Crippen molar-refractivity contribution in [3.63, 3.8) is 0 Å². The van der Waals surface area contributed by atoms with Crippen molar-refractivity contribution in [1.82, 2.24) is 0 Å². The number of methoxy groups -OCH3 is 1. The van der Waals surface area contributed by atoms with E-state index in [0.29, 0.717) is 0 Å². The molecule has 1 aromatic carbocycles. The summed E-state index contributed by atoms with van der Waals surface area (Å²) in [5.74, 6) is 0.971. The lowest BCUT2D eigenvalue weighted by atomic mass is 10.2. The minimum atomic E-state index is -0.0186. The second-order valence-electron chi connectivity index (χ2n) is 4.01. The van der Waals surface area contributed by atoms with Crippen LogP contribution in [0.15, 0.2) is 24.3 Å². The topological polar surface area (TPSA) is 9.23 Å². The summed E-state index contributed by atoms with van der Waals surface area (Å²) in [6, 6.07) is 10.1. The highest BCUT2D eigenvalue weighted by molar-refractivity contribution is 6.53. The van der Waals surface area contributed by atoms with Crippen LogP contribution >= 0.6 is 0 Å². The van der Waals surface area contributed by atoms with Gasteiger partial charge >= 0.3 is 0 Å². The van der Waals surface area contributed by atoms with Crippen LogP contribution in [0.3, 0.4) is 0 Å². The van der Waals surface area contributed by atoms with Crippen LogP contribution in [0.2, 0.25) is 6.04 Å². The van der Waals surface area contributed by atoms with E-state index in [4.69, 9.17) is 4.74 Å². The zero-order valence-electron chi connectivity index (χ0n) is 9.96. The molecule has 84 valence electrons. The third-order valence-electron chi connectivity index (χ3n) is 2.73. The average Bonchev–Trinajstić information content (AvgIpc) is 2.30. The van der Waals surface area contributed by atoms with E-state index in [9.17, 15) is 0 Å². The van der Waals surface area contributed by atoms with Crippen molar-refractivity contribution in [3.05, 3.63) is 24.3 Å². The van der Waals surface area contributed by atoms with Gasteiger partial charge in [0.1, 0.15) is 5.75 Å². The maximum atomic E-state index is 5.14. The molecule has 15 heavy (non-hydrogen) atoms. The predicted octanol–water partition coefficient (Wildman–Crippen LogP) is 2.49. The summed E-state index contributed by atoms with van der Waals surface area (Å²) in [5.41, 5.74) is 0. The molecule has 1 aromatic rings. The second kappa shape index (κ2) is 7.52. The highest BCUT2D eigenvalue weighted by Crippen LogP contribution is 2.06. The smallest absolute Gasteiger partial charge is 0.118 e. The van der Waals surface area contributed by atoms with Gasteiger partial charge in [0.2, 0.25) is 0 Å². The molecule has 0 saturated heterocycles. The first-order chi connectivity index (χ1) is 7.36. The lowest BCUT2D eigenvalue weighted by molar-refractivity contribution is 0.415. The minimum Gasteiger partial charge on any atom is -0.497 e. The van der Waals surface area contributed by atoms with Gasteiger partial charge in [0.15, 0.2) is 0 Å². The van der Waals surface area contributed by atoms with E-state index in [2.05, 4.69) is 31.2 Å². The molecule has 0 spiro atoms. The van der Waals surface area contributed by atoms with Crippen molar-refractivity contribution in [2.24, 2.45) is 0 Å². The molecule has 0 bridgehead atoms. The van der Waals surface area contributed by atoms with E-state index >= 15 is 0 Å². The van der Waals surface area contributed by atoms with Gasteiger partial charge in [-0.1, -0.05) is 56.0 Å². The van der Waals surface area contributed by atoms with Crippen LogP contribution in [0.4, 0.5) is 0 Å². The fourth-order valence-corrected chi connectivity index (χ4v) is 3.31. The summed E-state index contributed by atoms with van der Waals surface area (Å²) in [4.78, 5) is 0. The molecule has 0 fully saturated rings. The molecular formula is C13H22OSi. The Kier molecular flexibility index (Phi) is 6.17. The van der Waals surface area contributed by atoms with Gasteiger partial charge in [-0.05, 0) is 12.1 Å². The predicted molar refractivity (Wildman–Crippen MR) is 70.1 cm³/mol. The zero-order chi connectivity index (χ0) is 10.9. The summed E-state index contributed by atoms with van der Waals surface area (Å²) in [6.07, 6.45) is 5.58. The van der Waals surface area contributed by atoms with E-state index < -0.39 is 0 Å². The average molecular weight is 222 g/mol. The Balaban J connectivity index is 2.20. The van der Waals surface area contributed by atoms with Gasteiger partial charge in [0.25, 0.3) is 0 Å². The number of ether oxygens (including phenoxy) is 1. The standard InChI is InChI=1S/C13H22OSi/c1-3-4-5-6-11-15-13-9-7-12(14-2)8-10-13/h7-10H,3-6,11,15H2,1-2H3. The molecule has 0 aromatic heterocycles. The summed E-state index contributed by atoms with van der Waals surface area (Å²) < 4.78 is 5.14. The van der Waals surface area contributed by atoms with Crippen molar-refractivity contribution in [2.75, 3.05) is 7.11 Å². The Morgan fingerprint density at radius 1 is 1.07 bits per heavy atom. The van der Waals surface area contributed by atoms with E-state index in [1.54, 1.807) is 12.3 Å². The van der Waals surface area contributed by atoms with Crippen LogP contribution in [0.25, 0.3) is 0 Å². The third-order valence-corrected chi connectivity index (χ3v) is 4.63. The molecule has 0 radical (unpaired) electrons. The normalized spacial score (nSPS) is 11.1. The summed E-state index contributed by atoms with van der Waals surface area (Å²) >= 11 is 0. The van der Waals surface area contributed by atoms with Crippen molar-refractivity contribution in [1.29, 1.82) is 0 Å². The van der Waals surface area contributed by atoms with Gasteiger partial charge in [-0.2, -0.15) is 0 Å². The van der Waals surface area contributed by atoms with Crippen LogP contribution < -0.4 is 9.92 Å². The van der Waals surface area contributed by atoms with E-state index in [1.807, 2.05) is 0 Å². The van der Waals surface area contributed by atoms with E-state index in [1.165, 1.54) is 31.7 Å². The molecule has 0 saturated carbocycles. The fraction of sp³-hybridized carbons (Fsp3) is 0.538. The molecule has 1 rings (SSSR count). The largest absolute Gasteiger partial charge is 0.497 e. The van der Waals surface area contributed by atoms with Gasteiger partial charge in [0, 0.05) is 0 Å². The lowest BCUT2D eigenvalue weighted by Crippen LogP contribution is -2.12. The van der Waals surface area contributed by atoms with Crippen LogP contribution in [0, 0.1) is 0 Å². The van der Waals surface area contributed by atoms with Gasteiger partial charge in [-0.15, -0.1) is 0 Å². The second-order valence-corrected chi connectivity index (χ2v) is 6.04. The number of benzene rings is 1. The quantitative estimate of drug-likeness (QED) is 0.509. The summed E-state index contributed by atoms with van der Waals surface area (Å²) in [7, 11) is 1.70. The van der Waals surface area contributed by atoms with Gasteiger partial charge < -0.3 is 4.74 Å². The van der Waals surface area contributed by atoms with Crippen LogP contribution in [0.1, 0.15) is 32.6 Å². The Bertz CT molecular complexity index is 256. The monoisotopic (exact) mass is 222 g/mol. The highest BCUT2D eigenvalue weighted by Gasteiger charge is 1.95. The molecule has 2 heteroatoms. The molecule has 0 unspecified atom stereocenters. The number of hydrogen-bond acceptors (Lipinski definition) is 1. The van der Waals surface area contributed by atoms with Gasteiger partial charge in [-0.25, -0.2) is 0 Å². The summed E-state index contributed by atoms with van der Waals surface area (Å²) in [5, 5.41) is 1.56. The molecular weight excluding hydrogens is 200 g/mol. The van der Waals surface area contributed by atoms with Gasteiger partial charge in [-0.3, -0.25) is 0 Å². The van der Waals surface area contributed by atoms with Crippen LogP contribution in [-0.2, 0) is 0 Å². The molecule has 1 nitrogen and oxygen atoms in total. The first kappa shape index (κ1) is 12.3. The zero-order valence-corrected chi connectivity index (χ0v) is 11.4. The van der Waals surface area contributed by atoms with Crippen molar-refractivity contribution < 1.29 is 4.74 Å². The number of hydrogen-bond donors (Lipinski definition) is 0. The molecule has 0 aliphatic rings. The van der Waals surface area contributed by atoms with Crippen LogP contribution in [0.5, 0.6) is 5.75 Å². The maximum absolute atomic E-state index is 5.14. The van der Waals surface area contributed by atoms with Gasteiger partial charge in [0.05, 0.1) is 16.6 Å². The molecule has 0 N–H and O–H groups in total. The third kappa shape index (κ3) is 5.03. The number of unbranched alkanes of at least 4 members (excludes halogenated alkanes) is 3. The molecule has 0 aliphatic carbocycles. The Hall–Kier alpha value is -0.763. The van der Waals surface area contributed by atoms with Crippen molar-refractivity contribution >= 4 is 14.7 Å². The molecule has 0 amide bonds. The minimum absolute atomic E-state index is 0.0186. The molecule has 0 atom stereocenters. The van der Waals surface area contributed by atoms with Crippen molar-refractivity contribution in [3.8, 4) is 5.75 Å². The molecule has 0 heterocycles. The summed E-state index contributed by atoms with van der Waals surface area (Å²) in [6.45, 7) is 2.26. The van der Waals surface area contributed by atoms with E-state index in [0.717, 1.165) is 5.75 Å². The Morgan fingerprint density at radius 3 is 2.40 bits per heavy atom. The lowest BCUT2D eigenvalue weighted by Gasteiger charge is -2.02.